The van der Waals surface area contributed by atoms with Gasteiger partial charge in [0.15, 0.2) is 0 Å². The maximum Gasteiger partial charge on any atom is 0.329 e. The summed E-state index contributed by atoms with van der Waals surface area (Å²) in [5.41, 5.74) is -0.0791. The molecular weight excluding hydrogens is 254 g/mol. The van der Waals surface area contributed by atoms with Crippen molar-refractivity contribution in [2.24, 2.45) is 0 Å². The van der Waals surface area contributed by atoms with E-state index >= 15 is 0 Å². The molecule has 2 N–H and O–H groups in total. The van der Waals surface area contributed by atoms with Crippen molar-refractivity contribution in [1.82, 2.24) is 9.97 Å². The molecular formula is C10H15N5O2S. The molecule has 1 aromatic heterocycles. The highest BCUT2D eigenvalue weighted by Crippen LogP contribution is 2.26. The van der Waals surface area contributed by atoms with Crippen molar-refractivity contribution < 1.29 is 4.92 Å². The van der Waals surface area contributed by atoms with E-state index in [0.29, 0.717) is 11.8 Å². The Kier molecular flexibility index (Phi) is 4.19. The van der Waals surface area contributed by atoms with Crippen LogP contribution in [0.1, 0.15) is 12.8 Å². The maximum absolute atomic E-state index is 10.9. The van der Waals surface area contributed by atoms with E-state index in [2.05, 4.69) is 20.6 Å². The molecule has 7 nitrogen and oxygen atoms in total. The van der Waals surface area contributed by atoms with E-state index in [1.165, 1.54) is 6.20 Å². The van der Waals surface area contributed by atoms with Crippen LogP contribution < -0.4 is 10.6 Å². The van der Waals surface area contributed by atoms with Crippen molar-refractivity contribution in [3.05, 3.63) is 16.3 Å². The normalized spacial score (nSPS) is 19.3. The van der Waals surface area contributed by atoms with E-state index in [9.17, 15) is 10.1 Å². The zero-order chi connectivity index (χ0) is 13.0. The van der Waals surface area contributed by atoms with E-state index in [-0.39, 0.29) is 11.7 Å². The van der Waals surface area contributed by atoms with Gasteiger partial charge in [0.25, 0.3) is 0 Å². The predicted molar refractivity (Wildman–Crippen MR) is 72.2 cm³/mol. The standard InChI is InChI=1S/C10H15N5O2S/c1-11-10-12-5-8(15(16)17)9(14-10)13-7-3-2-4-18-6-7/h5,7H,2-4,6H2,1H3,(H2,11,12,13,14). The third-order valence-corrected chi connectivity index (χ3v) is 3.91. The summed E-state index contributed by atoms with van der Waals surface area (Å²) in [6, 6.07) is 0.238. The number of rotatable bonds is 4. The van der Waals surface area contributed by atoms with Crippen LogP contribution in [0.5, 0.6) is 0 Å². The van der Waals surface area contributed by atoms with Crippen LogP contribution in [0, 0.1) is 10.1 Å². The Morgan fingerprint density at radius 2 is 2.44 bits per heavy atom. The molecule has 1 atom stereocenters. The van der Waals surface area contributed by atoms with Crippen molar-refractivity contribution in [1.29, 1.82) is 0 Å². The van der Waals surface area contributed by atoms with Crippen molar-refractivity contribution in [3.8, 4) is 0 Å². The summed E-state index contributed by atoms with van der Waals surface area (Å²) >= 11 is 1.86. The SMILES string of the molecule is CNc1ncc([N+](=O)[O-])c(NC2CCCSC2)n1. The van der Waals surface area contributed by atoms with Crippen LogP contribution in [-0.4, -0.2) is 39.5 Å². The number of nitrogens with zero attached hydrogens (tertiary/aromatic N) is 3. The Hall–Kier alpha value is -1.57. The molecule has 8 heteroatoms. The first kappa shape index (κ1) is 12.9. The highest BCUT2D eigenvalue weighted by molar-refractivity contribution is 7.99. The van der Waals surface area contributed by atoms with E-state index < -0.39 is 4.92 Å². The molecule has 2 heterocycles. The quantitative estimate of drug-likeness (QED) is 0.635. The van der Waals surface area contributed by atoms with Crippen LogP contribution in [0.15, 0.2) is 6.20 Å². The molecule has 18 heavy (non-hydrogen) atoms. The maximum atomic E-state index is 10.9. The zero-order valence-corrected chi connectivity index (χ0v) is 10.9. The topological polar surface area (TPSA) is 93.0 Å². The first-order valence-corrected chi connectivity index (χ1v) is 6.89. The second-order valence-electron chi connectivity index (χ2n) is 3.99. The summed E-state index contributed by atoms with van der Waals surface area (Å²) in [6.45, 7) is 0. The average Bonchev–Trinajstić information content (AvgIpc) is 2.39. The molecule has 0 amide bonds. The molecule has 0 aliphatic carbocycles. The minimum absolute atomic E-state index is 0.0791. The molecule has 1 aliphatic rings. The first-order valence-electron chi connectivity index (χ1n) is 5.74. The average molecular weight is 269 g/mol. The van der Waals surface area contributed by atoms with Crippen molar-refractivity contribution in [2.75, 3.05) is 29.2 Å². The Labute approximate surface area is 109 Å². The van der Waals surface area contributed by atoms with Gasteiger partial charge in [0.1, 0.15) is 6.20 Å². The van der Waals surface area contributed by atoms with Crippen LogP contribution >= 0.6 is 11.8 Å². The Bertz CT molecular complexity index is 436. The van der Waals surface area contributed by atoms with Gasteiger partial charge in [0.05, 0.1) is 4.92 Å². The summed E-state index contributed by atoms with van der Waals surface area (Å²) in [7, 11) is 1.68. The molecule has 98 valence electrons. The van der Waals surface area contributed by atoms with Crippen LogP contribution in [0.2, 0.25) is 0 Å². The Morgan fingerprint density at radius 1 is 1.61 bits per heavy atom. The smallest absolute Gasteiger partial charge is 0.329 e. The van der Waals surface area contributed by atoms with Gasteiger partial charge in [-0.3, -0.25) is 10.1 Å². The number of hydrogen-bond acceptors (Lipinski definition) is 7. The molecule has 0 aromatic carbocycles. The lowest BCUT2D eigenvalue weighted by atomic mass is 10.2. The van der Waals surface area contributed by atoms with Gasteiger partial charge in [0, 0.05) is 18.8 Å². The number of aromatic nitrogens is 2. The fraction of sp³-hybridized carbons (Fsp3) is 0.600. The lowest BCUT2D eigenvalue weighted by Gasteiger charge is -2.22. The minimum Gasteiger partial charge on any atom is -0.361 e. The van der Waals surface area contributed by atoms with Gasteiger partial charge in [-0.15, -0.1) is 0 Å². The fourth-order valence-electron chi connectivity index (χ4n) is 1.78. The lowest BCUT2D eigenvalue weighted by Crippen LogP contribution is -2.26. The van der Waals surface area contributed by atoms with Gasteiger partial charge in [-0.25, -0.2) is 4.98 Å². The highest BCUT2D eigenvalue weighted by atomic mass is 32.2. The molecule has 1 saturated heterocycles. The monoisotopic (exact) mass is 269 g/mol. The Morgan fingerprint density at radius 3 is 3.06 bits per heavy atom. The zero-order valence-electron chi connectivity index (χ0n) is 10.0. The third kappa shape index (κ3) is 3.00. The predicted octanol–water partition coefficient (Wildman–Crippen LogP) is 1.73. The van der Waals surface area contributed by atoms with Crippen molar-refractivity contribution in [3.63, 3.8) is 0 Å². The second-order valence-corrected chi connectivity index (χ2v) is 5.14. The number of thioether (sulfide) groups is 1. The summed E-state index contributed by atoms with van der Waals surface area (Å²) in [5.74, 6) is 2.79. The second kappa shape index (κ2) is 5.85. The van der Waals surface area contributed by atoms with E-state index in [1.54, 1.807) is 7.05 Å². The number of anilines is 2. The van der Waals surface area contributed by atoms with Gasteiger partial charge < -0.3 is 10.6 Å². The molecule has 1 fully saturated rings. The number of nitrogens with one attached hydrogen (secondary N) is 2. The minimum atomic E-state index is -0.461. The van der Waals surface area contributed by atoms with Crippen LogP contribution in [-0.2, 0) is 0 Å². The summed E-state index contributed by atoms with van der Waals surface area (Å²) in [6.07, 6.45) is 3.38. The summed E-state index contributed by atoms with van der Waals surface area (Å²) < 4.78 is 0. The number of nitro groups is 1. The van der Waals surface area contributed by atoms with E-state index in [4.69, 9.17) is 0 Å². The van der Waals surface area contributed by atoms with Gasteiger partial charge in [-0.2, -0.15) is 16.7 Å². The number of hydrogen-bond donors (Lipinski definition) is 2. The van der Waals surface area contributed by atoms with E-state index in [1.807, 2.05) is 11.8 Å². The van der Waals surface area contributed by atoms with Gasteiger partial charge in [-0.05, 0) is 18.6 Å². The van der Waals surface area contributed by atoms with Crippen LogP contribution in [0.25, 0.3) is 0 Å². The van der Waals surface area contributed by atoms with E-state index in [0.717, 1.165) is 24.3 Å². The highest BCUT2D eigenvalue weighted by Gasteiger charge is 2.21. The molecule has 2 rings (SSSR count). The van der Waals surface area contributed by atoms with Crippen LogP contribution in [0.3, 0.4) is 0 Å². The molecule has 1 unspecified atom stereocenters. The molecule has 0 saturated carbocycles. The molecule has 0 spiro atoms. The van der Waals surface area contributed by atoms with Crippen molar-refractivity contribution >= 4 is 29.2 Å². The summed E-state index contributed by atoms with van der Waals surface area (Å²) in [5, 5.41) is 16.9. The fourth-order valence-corrected chi connectivity index (χ4v) is 2.86. The molecule has 0 bridgehead atoms. The van der Waals surface area contributed by atoms with Gasteiger partial charge in [-0.1, -0.05) is 0 Å². The molecule has 0 radical (unpaired) electrons. The Balaban J connectivity index is 2.19. The third-order valence-electron chi connectivity index (χ3n) is 2.69. The van der Waals surface area contributed by atoms with Gasteiger partial charge >= 0.3 is 5.69 Å². The van der Waals surface area contributed by atoms with Crippen LogP contribution in [0.4, 0.5) is 17.5 Å². The van der Waals surface area contributed by atoms with Crippen molar-refractivity contribution in [2.45, 2.75) is 18.9 Å². The summed E-state index contributed by atoms with van der Waals surface area (Å²) in [4.78, 5) is 18.4. The largest absolute Gasteiger partial charge is 0.361 e. The lowest BCUT2D eigenvalue weighted by molar-refractivity contribution is -0.384. The van der Waals surface area contributed by atoms with Gasteiger partial charge in [0.2, 0.25) is 11.8 Å². The first-order chi connectivity index (χ1) is 8.70. The molecule has 1 aliphatic heterocycles. The molecule has 1 aromatic rings.